The van der Waals surface area contributed by atoms with Gasteiger partial charge in [-0.2, -0.15) is 13.2 Å². The summed E-state index contributed by atoms with van der Waals surface area (Å²) in [6.45, 7) is 2.58. The number of nitrogens with zero attached hydrogens (tertiary/aromatic N) is 6. The van der Waals surface area contributed by atoms with E-state index in [9.17, 15) is 18.0 Å². The molecule has 0 N–H and O–H groups in total. The number of rotatable bonds is 4. The van der Waals surface area contributed by atoms with Crippen LogP contribution in [0.25, 0.3) is 5.78 Å². The van der Waals surface area contributed by atoms with Crippen molar-refractivity contribution in [1.29, 1.82) is 0 Å². The molecule has 4 rings (SSSR count). The molecule has 1 amide bonds. The molecule has 0 saturated carbocycles. The van der Waals surface area contributed by atoms with Crippen molar-refractivity contribution >= 4 is 11.7 Å². The molecular weight excluding hydrogens is 373 g/mol. The lowest BCUT2D eigenvalue weighted by molar-refractivity contribution is -0.168. The van der Waals surface area contributed by atoms with Gasteiger partial charge in [0, 0.05) is 57.9 Å². The Balaban J connectivity index is 1.32. The quantitative estimate of drug-likeness (QED) is 0.782. The van der Waals surface area contributed by atoms with Crippen molar-refractivity contribution in [3.05, 3.63) is 30.4 Å². The van der Waals surface area contributed by atoms with Crippen LogP contribution in [0.5, 0.6) is 0 Å². The number of aromatic nitrogens is 3. The van der Waals surface area contributed by atoms with Gasteiger partial charge in [-0.05, 0) is 18.9 Å². The van der Waals surface area contributed by atoms with Crippen molar-refractivity contribution < 1.29 is 18.0 Å². The minimum Gasteiger partial charge on any atom is -0.332 e. The standard InChI is InChI=1S/C18H23F3N6O/c19-18(20,21)13-27-5-1-3-15(16(27)28)25-9-7-24(8-10-25)11-14-12-26-6-2-4-22-17(26)23-14/h2,4,6,12,15H,1,3,5,7-11,13H2. The van der Waals surface area contributed by atoms with Gasteiger partial charge in [0.1, 0.15) is 6.54 Å². The molecule has 0 radical (unpaired) electrons. The summed E-state index contributed by atoms with van der Waals surface area (Å²) in [5.41, 5.74) is 0.928. The maximum atomic E-state index is 12.7. The summed E-state index contributed by atoms with van der Waals surface area (Å²) in [6.07, 6.45) is 2.45. The van der Waals surface area contributed by atoms with Crippen molar-refractivity contribution in [1.82, 2.24) is 29.1 Å². The van der Waals surface area contributed by atoms with Gasteiger partial charge in [0.05, 0.1) is 11.7 Å². The highest BCUT2D eigenvalue weighted by atomic mass is 19.4. The van der Waals surface area contributed by atoms with Gasteiger partial charge in [-0.1, -0.05) is 0 Å². The van der Waals surface area contributed by atoms with Crippen LogP contribution in [-0.2, 0) is 11.3 Å². The van der Waals surface area contributed by atoms with E-state index in [0.717, 1.165) is 23.7 Å². The first-order chi connectivity index (χ1) is 13.4. The van der Waals surface area contributed by atoms with Gasteiger partial charge in [-0.3, -0.25) is 19.0 Å². The van der Waals surface area contributed by atoms with Gasteiger partial charge < -0.3 is 4.90 Å². The van der Waals surface area contributed by atoms with Crippen molar-refractivity contribution in [2.75, 3.05) is 39.3 Å². The van der Waals surface area contributed by atoms with Crippen LogP contribution in [0.3, 0.4) is 0 Å². The fourth-order valence-corrected chi connectivity index (χ4v) is 4.05. The first-order valence-electron chi connectivity index (χ1n) is 9.49. The molecule has 0 spiro atoms. The number of fused-ring (bicyclic) bond motifs is 1. The Labute approximate surface area is 160 Å². The average molecular weight is 396 g/mol. The molecule has 2 aromatic rings. The summed E-state index contributed by atoms with van der Waals surface area (Å²) in [5, 5.41) is 0. The molecule has 2 saturated heterocycles. The number of alkyl halides is 3. The minimum atomic E-state index is -4.35. The zero-order chi connectivity index (χ0) is 19.7. The van der Waals surface area contributed by atoms with E-state index < -0.39 is 18.8 Å². The lowest BCUT2D eigenvalue weighted by Crippen LogP contribution is -2.58. The topological polar surface area (TPSA) is 57.0 Å². The molecule has 1 atom stereocenters. The van der Waals surface area contributed by atoms with Crippen molar-refractivity contribution in [2.24, 2.45) is 0 Å². The predicted octanol–water partition coefficient (Wildman–Crippen LogP) is 1.40. The van der Waals surface area contributed by atoms with Crippen LogP contribution in [0.15, 0.2) is 24.7 Å². The Kier molecular flexibility index (Phi) is 5.24. The molecule has 0 bridgehead atoms. The second-order valence-electron chi connectivity index (χ2n) is 7.40. The molecule has 2 fully saturated rings. The molecule has 152 valence electrons. The van der Waals surface area contributed by atoms with E-state index >= 15 is 0 Å². The number of piperazine rings is 1. The van der Waals surface area contributed by atoms with E-state index in [1.165, 1.54) is 0 Å². The van der Waals surface area contributed by atoms with Gasteiger partial charge in [-0.25, -0.2) is 9.97 Å². The van der Waals surface area contributed by atoms with E-state index in [1.807, 2.05) is 27.8 Å². The van der Waals surface area contributed by atoms with Crippen molar-refractivity contribution in [2.45, 2.75) is 31.6 Å². The van der Waals surface area contributed by atoms with Crippen molar-refractivity contribution in [3.63, 3.8) is 0 Å². The summed E-state index contributed by atoms with van der Waals surface area (Å²) in [4.78, 5) is 26.5. The van der Waals surface area contributed by atoms with Crippen LogP contribution >= 0.6 is 0 Å². The van der Waals surface area contributed by atoms with E-state index in [2.05, 4.69) is 14.9 Å². The summed E-state index contributed by atoms with van der Waals surface area (Å²) < 4.78 is 40.0. The third-order valence-corrected chi connectivity index (χ3v) is 5.39. The fraction of sp³-hybridized carbons (Fsp3) is 0.611. The van der Waals surface area contributed by atoms with Crippen molar-refractivity contribution in [3.8, 4) is 0 Å². The molecule has 28 heavy (non-hydrogen) atoms. The number of amides is 1. The number of hydrogen-bond acceptors (Lipinski definition) is 5. The summed E-state index contributed by atoms with van der Waals surface area (Å²) in [7, 11) is 0. The normalized spacial score (nSPS) is 22.9. The van der Waals surface area contributed by atoms with Gasteiger partial charge in [0.2, 0.25) is 11.7 Å². The molecule has 10 heteroatoms. The number of hydrogen-bond donors (Lipinski definition) is 0. The molecule has 7 nitrogen and oxygen atoms in total. The Morgan fingerprint density at radius 3 is 2.64 bits per heavy atom. The molecular formula is C18H23F3N6O. The first-order valence-corrected chi connectivity index (χ1v) is 9.49. The highest BCUT2D eigenvalue weighted by Gasteiger charge is 2.39. The number of carbonyl (C=O) groups is 1. The third kappa shape index (κ3) is 4.27. The molecule has 0 aromatic carbocycles. The zero-order valence-corrected chi connectivity index (χ0v) is 15.5. The fourth-order valence-electron chi connectivity index (χ4n) is 4.05. The Morgan fingerprint density at radius 2 is 1.93 bits per heavy atom. The Hall–Kier alpha value is -2.20. The van der Waals surface area contributed by atoms with E-state index in [4.69, 9.17) is 0 Å². The summed E-state index contributed by atoms with van der Waals surface area (Å²) in [5.74, 6) is 0.275. The van der Waals surface area contributed by atoms with E-state index in [1.54, 1.807) is 6.20 Å². The molecule has 4 heterocycles. The van der Waals surface area contributed by atoms with Gasteiger partial charge >= 0.3 is 6.18 Å². The summed E-state index contributed by atoms with van der Waals surface area (Å²) in [6, 6.07) is 1.41. The SMILES string of the molecule is O=C1C(N2CCN(Cc3cn4cccnc4n3)CC2)CCCN1CC(F)(F)F. The molecule has 0 aliphatic carbocycles. The van der Waals surface area contributed by atoms with Gasteiger partial charge in [-0.15, -0.1) is 0 Å². The van der Waals surface area contributed by atoms with Gasteiger partial charge in [0.25, 0.3) is 0 Å². The average Bonchev–Trinajstić information content (AvgIpc) is 3.05. The largest absolute Gasteiger partial charge is 0.406 e. The number of piperidine rings is 1. The van der Waals surface area contributed by atoms with E-state index in [0.29, 0.717) is 38.3 Å². The second kappa shape index (κ2) is 7.67. The molecule has 2 aliphatic heterocycles. The Morgan fingerprint density at radius 1 is 1.14 bits per heavy atom. The lowest BCUT2D eigenvalue weighted by atomic mass is 10.0. The maximum absolute atomic E-state index is 12.7. The van der Waals surface area contributed by atoms with Gasteiger partial charge in [0.15, 0.2) is 0 Å². The maximum Gasteiger partial charge on any atom is 0.406 e. The third-order valence-electron chi connectivity index (χ3n) is 5.39. The van der Waals surface area contributed by atoms with Crippen LogP contribution in [0, 0.1) is 0 Å². The lowest BCUT2D eigenvalue weighted by Gasteiger charge is -2.42. The highest BCUT2D eigenvalue weighted by molar-refractivity contribution is 5.82. The van der Waals surface area contributed by atoms with Crippen LogP contribution in [0.2, 0.25) is 0 Å². The number of carbonyl (C=O) groups excluding carboxylic acids is 1. The van der Waals surface area contributed by atoms with E-state index in [-0.39, 0.29) is 12.5 Å². The summed E-state index contributed by atoms with van der Waals surface area (Å²) >= 11 is 0. The second-order valence-corrected chi connectivity index (χ2v) is 7.40. The van der Waals surface area contributed by atoms with Crippen LogP contribution in [-0.4, -0.2) is 86.5 Å². The zero-order valence-electron chi connectivity index (χ0n) is 15.5. The molecule has 1 unspecified atom stereocenters. The number of halogens is 3. The minimum absolute atomic E-state index is 0.191. The first kappa shape index (κ1) is 19.1. The number of imidazole rings is 1. The van der Waals surface area contributed by atoms with Crippen LogP contribution in [0.1, 0.15) is 18.5 Å². The monoisotopic (exact) mass is 396 g/mol. The van der Waals surface area contributed by atoms with Crippen LogP contribution in [0.4, 0.5) is 13.2 Å². The Bertz CT molecular complexity index is 797. The molecule has 2 aromatic heterocycles. The number of likely N-dealkylation sites (tertiary alicyclic amines) is 1. The molecule has 2 aliphatic rings. The smallest absolute Gasteiger partial charge is 0.332 e. The highest BCUT2D eigenvalue weighted by Crippen LogP contribution is 2.24. The van der Waals surface area contributed by atoms with Crippen LogP contribution < -0.4 is 0 Å². The predicted molar refractivity (Wildman–Crippen MR) is 95.5 cm³/mol.